The van der Waals surface area contributed by atoms with Crippen LogP contribution in [0.2, 0.25) is 0 Å². The van der Waals surface area contributed by atoms with Crippen molar-refractivity contribution in [3.05, 3.63) is 30.3 Å². The SMILES string of the molecule is CN(CC(=O)NCC1CNC1)S(=O)(=O)c1ccccc1. The predicted octanol–water partition coefficient (Wildman–Crippen LogP) is -0.357. The van der Waals surface area contributed by atoms with Crippen molar-refractivity contribution in [2.75, 3.05) is 33.2 Å². The highest BCUT2D eigenvalue weighted by Gasteiger charge is 2.23. The summed E-state index contributed by atoms with van der Waals surface area (Å²) in [6.45, 7) is 2.22. The van der Waals surface area contributed by atoms with Crippen LogP contribution in [0.1, 0.15) is 0 Å². The fourth-order valence-corrected chi connectivity index (χ4v) is 3.01. The van der Waals surface area contributed by atoms with E-state index in [0.717, 1.165) is 17.4 Å². The van der Waals surface area contributed by atoms with Gasteiger partial charge in [-0.15, -0.1) is 0 Å². The van der Waals surface area contributed by atoms with E-state index >= 15 is 0 Å². The van der Waals surface area contributed by atoms with Gasteiger partial charge in [0.15, 0.2) is 0 Å². The lowest BCUT2D eigenvalue weighted by Gasteiger charge is -2.27. The summed E-state index contributed by atoms with van der Waals surface area (Å²) in [7, 11) is -2.19. The monoisotopic (exact) mass is 297 g/mol. The first kappa shape index (κ1) is 15.0. The Morgan fingerprint density at radius 3 is 2.55 bits per heavy atom. The molecule has 2 rings (SSSR count). The fraction of sp³-hybridized carbons (Fsp3) is 0.462. The Balaban J connectivity index is 1.89. The molecule has 0 radical (unpaired) electrons. The highest BCUT2D eigenvalue weighted by atomic mass is 32.2. The Morgan fingerprint density at radius 1 is 1.35 bits per heavy atom. The number of benzene rings is 1. The van der Waals surface area contributed by atoms with E-state index in [1.807, 2.05) is 0 Å². The standard InChI is InChI=1S/C13H19N3O3S/c1-16(10-13(17)15-9-11-7-14-8-11)20(18,19)12-5-3-2-4-6-12/h2-6,11,14H,7-10H2,1H3,(H,15,17). The summed E-state index contributed by atoms with van der Waals surface area (Å²) in [6, 6.07) is 8.10. The third-order valence-electron chi connectivity index (χ3n) is 3.27. The van der Waals surface area contributed by atoms with Crippen molar-refractivity contribution in [2.45, 2.75) is 4.90 Å². The molecule has 0 atom stereocenters. The molecule has 6 nitrogen and oxygen atoms in total. The number of likely N-dealkylation sites (N-methyl/N-ethyl adjacent to an activating group) is 1. The van der Waals surface area contributed by atoms with Gasteiger partial charge in [0.05, 0.1) is 11.4 Å². The minimum Gasteiger partial charge on any atom is -0.355 e. The molecule has 0 aliphatic carbocycles. The molecule has 0 saturated carbocycles. The van der Waals surface area contributed by atoms with Crippen molar-refractivity contribution in [3.63, 3.8) is 0 Å². The van der Waals surface area contributed by atoms with Crippen LogP contribution in [0.5, 0.6) is 0 Å². The zero-order chi connectivity index (χ0) is 14.6. The van der Waals surface area contributed by atoms with E-state index in [1.54, 1.807) is 18.2 Å². The Kier molecular flexibility index (Phi) is 4.74. The van der Waals surface area contributed by atoms with Crippen LogP contribution in [0.15, 0.2) is 35.2 Å². The minimum absolute atomic E-state index is 0.169. The maximum Gasteiger partial charge on any atom is 0.243 e. The summed E-state index contributed by atoms with van der Waals surface area (Å²) in [5, 5.41) is 5.87. The second kappa shape index (κ2) is 6.34. The molecular weight excluding hydrogens is 278 g/mol. The molecule has 1 aromatic carbocycles. The average molecular weight is 297 g/mol. The normalized spacial score (nSPS) is 15.9. The van der Waals surface area contributed by atoms with Gasteiger partial charge in [0.1, 0.15) is 0 Å². The summed E-state index contributed by atoms with van der Waals surface area (Å²) in [4.78, 5) is 11.9. The van der Waals surface area contributed by atoms with E-state index in [9.17, 15) is 13.2 Å². The van der Waals surface area contributed by atoms with Crippen LogP contribution in [0.25, 0.3) is 0 Å². The zero-order valence-electron chi connectivity index (χ0n) is 11.4. The van der Waals surface area contributed by atoms with E-state index in [-0.39, 0.29) is 17.3 Å². The molecule has 20 heavy (non-hydrogen) atoms. The number of amides is 1. The number of nitrogens with one attached hydrogen (secondary N) is 2. The van der Waals surface area contributed by atoms with E-state index in [2.05, 4.69) is 10.6 Å². The Bertz CT molecular complexity index is 555. The zero-order valence-corrected chi connectivity index (χ0v) is 12.2. The fourth-order valence-electron chi connectivity index (χ4n) is 1.87. The number of carbonyl (C=O) groups excluding carboxylic acids is 1. The van der Waals surface area contributed by atoms with Crippen LogP contribution in [0.3, 0.4) is 0 Å². The largest absolute Gasteiger partial charge is 0.355 e. The van der Waals surface area contributed by atoms with Crippen molar-refractivity contribution >= 4 is 15.9 Å². The van der Waals surface area contributed by atoms with Crippen LogP contribution >= 0.6 is 0 Å². The minimum atomic E-state index is -3.60. The van der Waals surface area contributed by atoms with Crippen molar-refractivity contribution in [3.8, 4) is 0 Å². The number of sulfonamides is 1. The van der Waals surface area contributed by atoms with E-state index in [4.69, 9.17) is 0 Å². The molecule has 1 saturated heterocycles. The van der Waals surface area contributed by atoms with E-state index in [0.29, 0.717) is 12.5 Å². The van der Waals surface area contributed by atoms with Gasteiger partial charge in [-0.3, -0.25) is 4.79 Å². The number of hydrogen-bond acceptors (Lipinski definition) is 4. The summed E-state index contributed by atoms with van der Waals surface area (Å²) in [5.74, 6) is 0.175. The van der Waals surface area contributed by atoms with Gasteiger partial charge in [0.25, 0.3) is 0 Å². The van der Waals surface area contributed by atoms with Crippen LogP contribution in [0, 0.1) is 5.92 Å². The van der Waals surface area contributed by atoms with Crippen molar-refractivity contribution in [2.24, 2.45) is 5.92 Å². The Labute approximate surface area is 119 Å². The number of nitrogens with zero attached hydrogens (tertiary/aromatic N) is 1. The average Bonchev–Trinajstić information content (AvgIpc) is 2.37. The molecule has 0 aromatic heterocycles. The van der Waals surface area contributed by atoms with Crippen molar-refractivity contribution in [1.82, 2.24) is 14.9 Å². The molecule has 1 amide bonds. The first-order valence-corrected chi connectivity index (χ1v) is 7.93. The molecule has 110 valence electrons. The first-order valence-electron chi connectivity index (χ1n) is 6.49. The van der Waals surface area contributed by atoms with E-state index in [1.165, 1.54) is 19.2 Å². The second-order valence-electron chi connectivity index (χ2n) is 4.90. The summed E-state index contributed by atoms with van der Waals surface area (Å²) in [5.41, 5.74) is 0. The van der Waals surface area contributed by atoms with Gasteiger partial charge in [0, 0.05) is 32.6 Å². The van der Waals surface area contributed by atoms with Crippen molar-refractivity contribution in [1.29, 1.82) is 0 Å². The van der Waals surface area contributed by atoms with Gasteiger partial charge in [-0.2, -0.15) is 4.31 Å². The molecule has 2 N–H and O–H groups in total. The number of rotatable bonds is 6. The predicted molar refractivity (Wildman–Crippen MR) is 75.6 cm³/mol. The van der Waals surface area contributed by atoms with Crippen LogP contribution < -0.4 is 10.6 Å². The Morgan fingerprint density at radius 2 is 2.00 bits per heavy atom. The third kappa shape index (κ3) is 3.56. The number of carbonyl (C=O) groups is 1. The van der Waals surface area contributed by atoms with Gasteiger partial charge in [-0.25, -0.2) is 8.42 Å². The molecule has 1 fully saturated rings. The van der Waals surface area contributed by atoms with Crippen LogP contribution in [-0.4, -0.2) is 51.9 Å². The summed E-state index contributed by atoms with van der Waals surface area (Å²) in [6.07, 6.45) is 0. The molecule has 1 aromatic rings. The van der Waals surface area contributed by atoms with Crippen LogP contribution in [-0.2, 0) is 14.8 Å². The summed E-state index contributed by atoms with van der Waals surface area (Å²) < 4.78 is 25.5. The number of hydrogen-bond donors (Lipinski definition) is 2. The maximum absolute atomic E-state index is 12.2. The molecule has 7 heteroatoms. The Hall–Kier alpha value is -1.44. The molecule has 1 aliphatic heterocycles. The van der Waals surface area contributed by atoms with Gasteiger partial charge in [0.2, 0.25) is 15.9 Å². The first-order chi connectivity index (χ1) is 9.50. The lowest BCUT2D eigenvalue weighted by Crippen LogP contribution is -2.49. The lowest BCUT2D eigenvalue weighted by atomic mass is 10.0. The molecule has 0 bridgehead atoms. The van der Waals surface area contributed by atoms with E-state index < -0.39 is 10.0 Å². The quantitative estimate of drug-likeness (QED) is 0.752. The van der Waals surface area contributed by atoms with Gasteiger partial charge in [-0.05, 0) is 12.1 Å². The van der Waals surface area contributed by atoms with Crippen molar-refractivity contribution < 1.29 is 13.2 Å². The molecule has 0 unspecified atom stereocenters. The highest BCUT2D eigenvalue weighted by Crippen LogP contribution is 2.12. The van der Waals surface area contributed by atoms with Gasteiger partial charge < -0.3 is 10.6 Å². The molecule has 1 heterocycles. The highest BCUT2D eigenvalue weighted by molar-refractivity contribution is 7.89. The maximum atomic E-state index is 12.2. The molecule has 0 spiro atoms. The lowest BCUT2D eigenvalue weighted by molar-refractivity contribution is -0.121. The smallest absolute Gasteiger partial charge is 0.243 e. The second-order valence-corrected chi connectivity index (χ2v) is 6.95. The molecule has 1 aliphatic rings. The van der Waals surface area contributed by atoms with Gasteiger partial charge >= 0.3 is 0 Å². The van der Waals surface area contributed by atoms with Crippen LogP contribution in [0.4, 0.5) is 0 Å². The molecular formula is C13H19N3O3S. The topological polar surface area (TPSA) is 78.5 Å². The summed E-state index contributed by atoms with van der Waals surface area (Å²) >= 11 is 0. The third-order valence-corrected chi connectivity index (χ3v) is 5.09. The van der Waals surface area contributed by atoms with Gasteiger partial charge in [-0.1, -0.05) is 18.2 Å².